The lowest BCUT2D eigenvalue weighted by molar-refractivity contribution is 0.433. The number of aryl methyl sites for hydroxylation is 1. The third-order valence-electron chi connectivity index (χ3n) is 3.25. The van der Waals surface area contributed by atoms with Gasteiger partial charge in [0.05, 0.1) is 6.04 Å². The summed E-state index contributed by atoms with van der Waals surface area (Å²) in [6.45, 7) is 4.37. The molecule has 0 heterocycles. The molecule has 2 aromatic carbocycles. The van der Waals surface area contributed by atoms with Crippen molar-refractivity contribution in [3.63, 3.8) is 0 Å². The van der Waals surface area contributed by atoms with Crippen molar-refractivity contribution in [3.8, 4) is 0 Å². The molecular formula is C16H15BrF3N. The van der Waals surface area contributed by atoms with Gasteiger partial charge < -0.3 is 5.32 Å². The van der Waals surface area contributed by atoms with E-state index in [9.17, 15) is 13.2 Å². The molecule has 0 saturated heterocycles. The summed E-state index contributed by atoms with van der Waals surface area (Å²) < 4.78 is 41.4. The van der Waals surface area contributed by atoms with Crippen LogP contribution in [0.25, 0.3) is 0 Å². The van der Waals surface area contributed by atoms with Gasteiger partial charge >= 0.3 is 0 Å². The molecule has 2 rings (SSSR count). The van der Waals surface area contributed by atoms with Crippen LogP contribution in [-0.2, 0) is 0 Å². The normalized spacial score (nSPS) is 12.5. The lowest BCUT2D eigenvalue weighted by Gasteiger charge is -2.21. The molecule has 0 aliphatic carbocycles. The van der Waals surface area contributed by atoms with Gasteiger partial charge in [0, 0.05) is 10.0 Å². The molecule has 112 valence electrons. The molecule has 0 amide bonds. The van der Waals surface area contributed by atoms with Gasteiger partial charge in [0.1, 0.15) is 0 Å². The fraction of sp³-hybridized carbons (Fsp3) is 0.250. The molecule has 0 radical (unpaired) electrons. The Kier molecular flexibility index (Phi) is 5.06. The van der Waals surface area contributed by atoms with Gasteiger partial charge in [0.2, 0.25) is 0 Å². The van der Waals surface area contributed by atoms with Gasteiger partial charge in [-0.05, 0) is 36.7 Å². The first-order valence-corrected chi connectivity index (χ1v) is 7.37. The van der Waals surface area contributed by atoms with Crippen LogP contribution < -0.4 is 5.32 Å². The molecule has 0 aromatic heterocycles. The van der Waals surface area contributed by atoms with Crippen molar-refractivity contribution in [2.45, 2.75) is 19.9 Å². The summed E-state index contributed by atoms with van der Waals surface area (Å²) in [6.07, 6.45) is 0. The highest BCUT2D eigenvalue weighted by atomic mass is 79.9. The summed E-state index contributed by atoms with van der Waals surface area (Å²) in [5.74, 6) is -3.79. The second kappa shape index (κ2) is 6.62. The van der Waals surface area contributed by atoms with Crippen LogP contribution in [0.5, 0.6) is 0 Å². The van der Waals surface area contributed by atoms with E-state index in [1.807, 2.05) is 32.0 Å². The molecule has 0 spiro atoms. The average molecular weight is 358 g/mol. The largest absolute Gasteiger partial charge is 0.306 e. The first kappa shape index (κ1) is 16.0. The summed E-state index contributed by atoms with van der Waals surface area (Å²) in [6, 6.07) is 7.29. The molecular weight excluding hydrogens is 343 g/mol. The molecule has 5 heteroatoms. The molecule has 0 saturated carbocycles. The van der Waals surface area contributed by atoms with Crippen LogP contribution in [-0.4, -0.2) is 6.54 Å². The van der Waals surface area contributed by atoms with E-state index in [0.717, 1.165) is 21.7 Å². The maximum absolute atomic E-state index is 14.1. The first-order chi connectivity index (χ1) is 9.95. The van der Waals surface area contributed by atoms with E-state index >= 15 is 0 Å². The van der Waals surface area contributed by atoms with Crippen LogP contribution in [0.3, 0.4) is 0 Å². The van der Waals surface area contributed by atoms with Crippen LogP contribution >= 0.6 is 15.9 Å². The molecule has 0 aliphatic rings. The monoisotopic (exact) mass is 357 g/mol. The standard InChI is InChI=1S/C16H15BrF3N/c1-3-21-16(10-5-4-9(2)8-12(10)17)11-6-7-13(18)15(20)14(11)19/h4-8,16,21H,3H2,1-2H3. The van der Waals surface area contributed by atoms with Crippen LogP contribution in [0.4, 0.5) is 13.2 Å². The molecule has 0 bridgehead atoms. The van der Waals surface area contributed by atoms with Crippen molar-refractivity contribution in [3.05, 3.63) is 68.9 Å². The lowest BCUT2D eigenvalue weighted by atomic mass is 9.97. The second-order valence-electron chi connectivity index (χ2n) is 4.78. The lowest BCUT2D eigenvalue weighted by Crippen LogP contribution is -2.24. The average Bonchev–Trinajstić information content (AvgIpc) is 2.44. The zero-order valence-electron chi connectivity index (χ0n) is 11.7. The predicted molar refractivity (Wildman–Crippen MR) is 80.7 cm³/mol. The van der Waals surface area contributed by atoms with Crippen molar-refractivity contribution >= 4 is 15.9 Å². The van der Waals surface area contributed by atoms with E-state index < -0.39 is 23.5 Å². The quantitative estimate of drug-likeness (QED) is 0.769. The van der Waals surface area contributed by atoms with E-state index in [1.54, 1.807) is 0 Å². The summed E-state index contributed by atoms with van der Waals surface area (Å²) in [7, 11) is 0. The van der Waals surface area contributed by atoms with Gasteiger partial charge in [-0.1, -0.05) is 41.1 Å². The van der Waals surface area contributed by atoms with E-state index in [-0.39, 0.29) is 5.56 Å². The van der Waals surface area contributed by atoms with Gasteiger partial charge in [-0.2, -0.15) is 0 Å². The number of hydrogen-bond donors (Lipinski definition) is 1. The molecule has 0 fully saturated rings. The highest BCUT2D eigenvalue weighted by Gasteiger charge is 2.23. The van der Waals surface area contributed by atoms with Crippen molar-refractivity contribution in [2.75, 3.05) is 6.54 Å². The van der Waals surface area contributed by atoms with Crippen molar-refractivity contribution in [2.24, 2.45) is 0 Å². The number of hydrogen-bond acceptors (Lipinski definition) is 1. The Morgan fingerprint density at radius 1 is 1.05 bits per heavy atom. The predicted octanol–water partition coefficient (Wildman–Crippen LogP) is 4.87. The first-order valence-electron chi connectivity index (χ1n) is 6.58. The zero-order chi connectivity index (χ0) is 15.6. The SMILES string of the molecule is CCNC(c1ccc(C)cc1Br)c1ccc(F)c(F)c1F. The number of halogens is 4. The summed E-state index contributed by atoms with van der Waals surface area (Å²) >= 11 is 3.44. The summed E-state index contributed by atoms with van der Waals surface area (Å²) in [5.41, 5.74) is 1.90. The van der Waals surface area contributed by atoms with E-state index in [1.165, 1.54) is 6.07 Å². The second-order valence-corrected chi connectivity index (χ2v) is 5.63. The van der Waals surface area contributed by atoms with Crippen molar-refractivity contribution in [1.29, 1.82) is 0 Å². The van der Waals surface area contributed by atoms with E-state index in [0.29, 0.717) is 6.54 Å². The van der Waals surface area contributed by atoms with Gasteiger partial charge in [-0.25, -0.2) is 13.2 Å². The van der Waals surface area contributed by atoms with Crippen LogP contribution in [0.2, 0.25) is 0 Å². The van der Waals surface area contributed by atoms with Gasteiger partial charge in [0.15, 0.2) is 17.5 Å². The number of rotatable bonds is 4. The molecule has 1 N–H and O–H groups in total. The molecule has 1 atom stereocenters. The fourth-order valence-electron chi connectivity index (χ4n) is 2.22. The fourth-order valence-corrected chi connectivity index (χ4v) is 2.94. The van der Waals surface area contributed by atoms with Crippen LogP contribution in [0.15, 0.2) is 34.8 Å². The third-order valence-corrected chi connectivity index (χ3v) is 3.94. The topological polar surface area (TPSA) is 12.0 Å². The number of nitrogens with one attached hydrogen (secondary N) is 1. The minimum absolute atomic E-state index is 0.0836. The Morgan fingerprint density at radius 3 is 2.33 bits per heavy atom. The Labute approximate surface area is 130 Å². The Bertz CT molecular complexity index is 658. The molecule has 1 unspecified atom stereocenters. The van der Waals surface area contributed by atoms with Crippen LogP contribution in [0.1, 0.15) is 29.7 Å². The molecule has 2 aromatic rings. The van der Waals surface area contributed by atoms with E-state index in [2.05, 4.69) is 21.2 Å². The van der Waals surface area contributed by atoms with Crippen molar-refractivity contribution in [1.82, 2.24) is 5.32 Å². The smallest absolute Gasteiger partial charge is 0.194 e. The Balaban J connectivity index is 2.56. The van der Waals surface area contributed by atoms with Crippen LogP contribution in [0, 0.1) is 24.4 Å². The third kappa shape index (κ3) is 3.30. The Hall–Kier alpha value is -1.33. The van der Waals surface area contributed by atoms with Gasteiger partial charge in [-0.15, -0.1) is 0 Å². The highest BCUT2D eigenvalue weighted by Crippen LogP contribution is 2.32. The summed E-state index contributed by atoms with van der Waals surface area (Å²) in [4.78, 5) is 0. The van der Waals surface area contributed by atoms with Gasteiger partial charge in [-0.3, -0.25) is 0 Å². The minimum atomic E-state index is -1.45. The molecule has 0 aliphatic heterocycles. The molecule has 21 heavy (non-hydrogen) atoms. The van der Waals surface area contributed by atoms with Gasteiger partial charge in [0.25, 0.3) is 0 Å². The minimum Gasteiger partial charge on any atom is -0.306 e. The zero-order valence-corrected chi connectivity index (χ0v) is 13.3. The van der Waals surface area contributed by atoms with Crippen molar-refractivity contribution < 1.29 is 13.2 Å². The Morgan fingerprint density at radius 2 is 1.71 bits per heavy atom. The maximum atomic E-state index is 14.1. The highest BCUT2D eigenvalue weighted by molar-refractivity contribution is 9.10. The number of benzene rings is 2. The maximum Gasteiger partial charge on any atom is 0.194 e. The van der Waals surface area contributed by atoms with E-state index in [4.69, 9.17) is 0 Å². The summed E-state index contributed by atoms with van der Waals surface area (Å²) in [5, 5.41) is 3.10. The molecule has 1 nitrogen and oxygen atoms in total.